The second kappa shape index (κ2) is 9.58. The molecule has 2 aromatic carbocycles. The van der Waals surface area contributed by atoms with Crippen molar-refractivity contribution in [1.82, 2.24) is 10.6 Å². The first-order valence-electron chi connectivity index (χ1n) is 11.5. The highest BCUT2D eigenvalue weighted by Gasteiger charge is 2.48. The number of aliphatic hydroxyl groups excluding tert-OH is 1. The highest BCUT2D eigenvalue weighted by Crippen LogP contribution is 2.31. The lowest BCUT2D eigenvalue weighted by Gasteiger charge is -2.22. The average Bonchev–Trinajstić information content (AvgIpc) is 3.55. The number of nitrogens with one attached hydrogen (secondary N) is 2. The minimum absolute atomic E-state index is 0.118. The third-order valence-electron chi connectivity index (χ3n) is 6.63. The number of ether oxygens (including phenoxy) is 3. The lowest BCUT2D eigenvalue weighted by Crippen LogP contribution is -2.47. The van der Waals surface area contributed by atoms with Crippen molar-refractivity contribution in [2.45, 2.75) is 56.2 Å². The van der Waals surface area contributed by atoms with Crippen molar-refractivity contribution in [2.75, 3.05) is 13.2 Å². The normalized spacial score (nSPS) is 28.4. The Labute approximate surface area is 188 Å². The van der Waals surface area contributed by atoms with Gasteiger partial charge in [0.05, 0.1) is 25.3 Å². The van der Waals surface area contributed by atoms with Crippen LogP contribution in [0.4, 0.5) is 0 Å². The Bertz CT molecular complexity index is 918. The number of hydrogen-bond acceptors (Lipinski definition) is 6. The summed E-state index contributed by atoms with van der Waals surface area (Å²) in [5, 5.41) is 17.2. The van der Waals surface area contributed by atoms with E-state index in [9.17, 15) is 9.90 Å². The predicted octanol–water partition coefficient (Wildman–Crippen LogP) is 2.90. The molecule has 1 aliphatic carbocycles. The van der Waals surface area contributed by atoms with Gasteiger partial charge in [0.15, 0.2) is 0 Å². The number of para-hydroxylation sites is 1. The summed E-state index contributed by atoms with van der Waals surface area (Å²) >= 11 is 0. The molecule has 2 saturated heterocycles. The average molecular weight is 439 g/mol. The van der Waals surface area contributed by atoms with E-state index in [1.807, 2.05) is 54.6 Å². The molecule has 2 aromatic rings. The van der Waals surface area contributed by atoms with E-state index >= 15 is 0 Å². The Morgan fingerprint density at radius 1 is 0.938 bits per heavy atom. The molecule has 0 bridgehead atoms. The molecule has 2 aliphatic heterocycles. The molecule has 170 valence electrons. The van der Waals surface area contributed by atoms with E-state index in [-0.39, 0.29) is 36.1 Å². The number of hydrogen-bond donors (Lipinski definition) is 3. The van der Waals surface area contributed by atoms with Gasteiger partial charge < -0.3 is 24.6 Å². The number of amides is 1. The fourth-order valence-corrected chi connectivity index (χ4v) is 4.93. The molecule has 32 heavy (non-hydrogen) atoms. The number of rotatable bonds is 7. The van der Waals surface area contributed by atoms with Crippen LogP contribution < -0.4 is 15.4 Å². The van der Waals surface area contributed by atoms with Crippen molar-refractivity contribution >= 4 is 5.91 Å². The summed E-state index contributed by atoms with van der Waals surface area (Å²) in [6.07, 6.45) is 2.90. The quantitative estimate of drug-likeness (QED) is 0.576. The van der Waals surface area contributed by atoms with Crippen LogP contribution in [0.3, 0.4) is 0 Å². The van der Waals surface area contributed by atoms with Crippen molar-refractivity contribution < 1.29 is 24.1 Å². The van der Waals surface area contributed by atoms with Gasteiger partial charge in [-0.25, -0.2) is 0 Å². The summed E-state index contributed by atoms with van der Waals surface area (Å²) in [5.41, 5.74) is 0.700. The van der Waals surface area contributed by atoms with Crippen molar-refractivity contribution in [2.24, 2.45) is 5.92 Å². The summed E-state index contributed by atoms with van der Waals surface area (Å²) < 4.78 is 17.8. The van der Waals surface area contributed by atoms with Crippen molar-refractivity contribution in [1.29, 1.82) is 0 Å². The molecule has 5 atom stereocenters. The van der Waals surface area contributed by atoms with Crippen LogP contribution in [-0.4, -0.2) is 48.5 Å². The number of carbonyl (C=O) groups is 1. The lowest BCUT2D eigenvalue weighted by atomic mass is 10.0. The Kier molecular flexibility index (Phi) is 6.41. The molecule has 3 N–H and O–H groups in total. The van der Waals surface area contributed by atoms with Crippen LogP contribution in [0.2, 0.25) is 0 Å². The number of fused-ring (bicyclic) bond motifs is 1. The standard InChI is InChI=1S/C25H30N2O5/c28-24(16-7-4-5-8-16)26-20-14-30-23-21(15-31-22(20)23)27-25(29)17-9-6-12-19(13-17)32-18-10-2-1-3-11-18/h1-3,6,9-13,16,20-23,25,27,29H,4-5,7-8,14-15H2,(H,26,28). The second-order valence-corrected chi connectivity index (χ2v) is 8.86. The van der Waals surface area contributed by atoms with Gasteiger partial charge in [0, 0.05) is 5.92 Å². The third kappa shape index (κ3) is 4.66. The van der Waals surface area contributed by atoms with Gasteiger partial charge in [-0.15, -0.1) is 0 Å². The summed E-state index contributed by atoms with van der Waals surface area (Å²) in [4.78, 5) is 12.5. The van der Waals surface area contributed by atoms with Gasteiger partial charge in [-0.1, -0.05) is 43.2 Å². The van der Waals surface area contributed by atoms with Crippen LogP contribution in [0.5, 0.6) is 11.5 Å². The van der Waals surface area contributed by atoms with Crippen LogP contribution in [0, 0.1) is 5.92 Å². The van der Waals surface area contributed by atoms with Gasteiger partial charge in [0.1, 0.15) is 29.9 Å². The minimum atomic E-state index is -0.891. The fourth-order valence-electron chi connectivity index (χ4n) is 4.93. The van der Waals surface area contributed by atoms with Gasteiger partial charge in [0.2, 0.25) is 5.91 Å². The largest absolute Gasteiger partial charge is 0.457 e. The zero-order chi connectivity index (χ0) is 21.9. The monoisotopic (exact) mass is 438 g/mol. The van der Waals surface area contributed by atoms with Gasteiger partial charge in [-0.05, 0) is 42.7 Å². The van der Waals surface area contributed by atoms with Crippen LogP contribution in [-0.2, 0) is 14.3 Å². The third-order valence-corrected chi connectivity index (χ3v) is 6.63. The molecular weight excluding hydrogens is 408 g/mol. The molecular formula is C25H30N2O5. The number of carbonyl (C=O) groups excluding carboxylic acids is 1. The van der Waals surface area contributed by atoms with Crippen molar-refractivity contribution in [3.63, 3.8) is 0 Å². The molecule has 2 heterocycles. The second-order valence-electron chi connectivity index (χ2n) is 8.86. The molecule has 0 spiro atoms. The maximum atomic E-state index is 12.5. The van der Waals surface area contributed by atoms with E-state index in [1.165, 1.54) is 0 Å². The number of benzene rings is 2. The van der Waals surface area contributed by atoms with Crippen molar-refractivity contribution in [3.8, 4) is 11.5 Å². The van der Waals surface area contributed by atoms with Crippen LogP contribution in [0.1, 0.15) is 37.5 Å². The molecule has 3 fully saturated rings. The van der Waals surface area contributed by atoms with E-state index in [0.717, 1.165) is 31.4 Å². The lowest BCUT2D eigenvalue weighted by molar-refractivity contribution is -0.126. The van der Waals surface area contributed by atoms with Gasteiger partial charge in [-0.3, -0.25) is 10.1 Å². The van der Waals surface area contributed by atoms with E-state index in [2.05, 4.69) is 10.6 Å². The first-order chi connectivity index (χ1) is 15.7. The van der Waals surface area contributed by atoms with Crippen LogP contribution >= 0.6 is 0 Å². The maximum absolute atomic E-state index is 12.5. The molecule has 7 nitrogen and oxygen atoms in total. The fraction of sp³-hybridized carbons (Fsp3) is 0.480. The van der Waals surface area contributed by atoms with E-state index in [4.69, 9.17) is 14.2 Å². The van der Waals surface area contributed by atoms with E-state index < -0.39 is 6.23 Å². The molecule has 5 rings (SSSR count). The predicted molar refractivity (Wildman–Crippen MR) is 118 cm³/mol. The van der Waals surface area contributed by atoms with Crippen molar-refractivity contribution in [3.05, 3.63) is 60.2 Å². The molecule has 7 heteroatoms. The van der Waals surface area contributed by atoms with Gasteiger partial charge >= 0.3 is 0 Å². The molecule has 1 amide bonds. The topological polar surface area (TPSA) is 89.1 Å². The Morgan fingerprint density at radius 2 is 1.62 bits per heavy atom. The summed E-state index contributed by atoms with van der Waals surface area (Å²) in [6, 6.07) is 16.6. The van der Waals surface area contributed by atoms with E-state index in [1.54, 1.807) is 0 Å². The summed E-state index contributed by atoms with van der Waals surface area (Å²) in [7, 11) is 0. The van der Waals surface area contributed by atoms with Crippen LogP contribution in [0.15, 0.2) is 54.6 Å². The highest BCUT2D eigenvalue weighted by molar-refractivity contribution is 5.79. The molecule has 0 radical (unpaired) electrons. The van der Waals surface area contributed by atoms with Crippen LogP contribution in [0.25, 0.3) is 0 Å². The maximum Gasteiger partial charge on any atom is 0.223 e. The molecule has 5 unspecified atom stereocenters. The smallest absolute Gasteiger partial charge is 0.223 e. The first-order valence-corrected chi connectivity index (χ1v) is 11.5. The Hall–Kier alpha value is -2.45. The Balaban J connectivity index is 1.17. The SMILES string of the molecule is O=C(NC1COC2C(NC(O)c3cccc(Oc4ccccc4)c3)COC12)C1CCCC1. The number of aliphatic hydroxyl groups is 1. The highest BCUT2D eigenvalue weighted by atomic mass is 16.6. The Morgan fingerprint density at radius 3 is 2.41 bits per heavy atom. The first kappa shape index (κ1) is 21.4. The molecule has 1 saturated carbocycles. The summed E-state index contributed by atoms with van der Waals surface area (Å²) in [5.74, 6) is 1.63. The minimum Gasteiger partial charge on any atom is -0.457 e. The zero-order valence-electron chi connectivity index (χ0n) is 18.0. The molecule has 0 aromatic heterocycles. The van der Waals surface area contributed by atoms with Gasteiger partial charge in [-0.2, -0.15) is 0 Å². The summed E-state index contributed by atoms with van der Waals surface area (Å²) in [6.45, 7) is 0.852. The van der Waals surface area contributed by atoms with E-state index in [0.29, 0.717) is 24.5 Å². The van der Waals surface area contributed by atoms with Gasteiger partial charge in [0.25, 0.3) is 0 Å². The molecule has 3 aliphatic rings. The zero-order valence-corrected chi connectivity index (χ0v) is 18.0.